The van der Waals surface area contributed by atoms with E-state index in [0.717, 1.165) is 18.6 Å². The topological polar surface area (TPSA) is 101 Å². The number of hydrogen-bond acceptors (Lipinski definition) is 4. The van der Waals surface area contributed by atoms with Gasteiger partial charge in [0.05, 0.1) is 6.04 Å². The van der Waals surface area contributed by atoms with Crippen molar-refractivity contribution in [3.8, 4) is 0 Å². The van der Waals surface area contributed by atoms with E-state index >= 15 is 0 Å². The quantitative estimate of drug-likeness (QED) is 0.309. The Morgan fingerprint density at radius 3 is 2.78 bits per heavy atom. The lowest BCUT2D eigenvalue weighted by molar-refractivity contribution is 0.0915. The van der Waals surface area contributed by atoms with Gasteiger partial charge >= 0.3 is 0 Å². The molecule has 0 aliphatic rings. The molecule has 0 radical (unpaired) electrons. The molecular weight excluding hydrogens is 234 g/mol. The first kappa shape index (κ1) is 14.1. The second-order valence-corrected chi connectivity index (χ2v) is 3.96. The summed E-state index contributed by atoms with van der Waals surface area (Å²) in [5.74, 6) is 0.613. The molecule has 0 aliphatic carbocycles. The number of carbonyl (C=O) groups is 1. The predicted molar refractivity (Wildman–Crippen MR) is 67.7 cm³/mol. The van der Waals surface area contributed by atoms with Gasteiger partial charge in [-0.15, -0.1) is 0 Å². The highest BCUT2D eigenvalue weighted by Crippen LogP contribution is 2.09. The summed E-state index contributed by atoms with van der Waals surface area (Å²) in [6, 6.07) is 2.89. The zero-order chi connectivity index (χ0) is 13.5. The summed E-state index contributed by atoms with van der Waals surface area (Å²) in [7, 11) is 0. The highest BCUT2D eigenvalue weighted by atomic mass is 16.4. The molecule has 4 N–H and O–H groups in total. The number of carbonyl (C=O) groups excluding carboxylic acids is 1. The lowest BCUT2D eigenvalue weighted by Gasteiger charge is -2.15. The summed E-state index contributed by atoms with van der Waals surface area (Å²) in [6.07, 6.45) is 2.13. The van der Waals surface area contributed by atoms with Crippen molar-refractivity contribution in [1.29, 1.82) is 0 Å². The van der Waals surface area contributed by atoms with Crippen molar-refractivity contribution in [3.05, 3.63) is 23.7 Å². The molecule has 6 heteroatoms. The van der Waals surface area contributed by atoms with Gasteiger partial charge in [0.2, 0.25) is 0 Å². The van der Waals surface area contributed by atoms with Gasteiger partial charge in [-0.25, -0.2) is 0 Å². The van der Waals surface area contributed by atoms with E-state index in [-0.39, 0.29) is 17.5 Å². The fourth-order valence-corrected chi connectivity index (χ4v) is 1.57. The smallest absolute Gasteiger partial charge is 0.287 e. The average molecular weight is 253 g/mol. The second kappa shape index (κ2) is 6.68. The number of nitrogens with two attached hydrogens (primary N) is 1. The van der Waals surface area contributed by atoms with Crippen molar-refractivity contribution in [2.24, 2.45) is 10.9 Å². The molecule has 0 aliphatic heterocycles. The molecule has 1 unspecified atom stereocenters. The van der Waals surface area contributed by atoms with Crippen molar-refractivity contribution >= 4 is 11.7 Å². The van der Waals surface area contributed by atoms with Crippen LogP contribution >= 0.6 is 0 Å². The van der Waals surface area contributed by atoms with Crippen LogP contribution in [-0.4, -0.2) is 23.0 Å². The Morgan fingerprint density at radius 2 is 2.28 bits per heavy atom. The molecule has 1 rings (SSSR count). The molecule has 0 bridgehead atoms. The first-order valence-electron chi connectivity index (χ1n) is 5.99. The van der Waals surface area contributed by atoms with E-state index in [0.29, 0.717) is 6.42 Å². The maximum absolute atomic E-state index is 11.9. The molecule has 6 nitrogen and oxygen atoms in total. The Balaban J connectivity index is 2.71. The number of hydrogen-bond donors (Lipinski definition) is 3. The first-order valence-corrected chi connectivity index (χ1v) is 5.99. The highest BCUT2D eigenvalue weighted by molar-refractivity contribution is 5.96. The van der Waals surface area contributed by atoms with Crippen molar-refractivity contribution in [3.63, 3.8) is 0 Å². The van der Waals surface area contributed by atoms with E-state index in [1.54, 1.807) is 12.1 Å². The fraction of sp³-hybridized carbons (Fsp3) is 0.500. The molecule has 0 saturated carbocycles. The van der Waals surface area contributed by atoms with E-state index in [1.165, 1.54) is 0 Å². The van der Waals surface area contributed by atoms with E-state index < -0.39 is 6.04 Å². The number of aryl methyl sites for hydroxylation is 1. The van der Waals surface area contributed by atoms with E-state index in [1.807, 2.05) is 13.8 Å². The molecule has 1 aromatic rings. The average Bonchev–Trinajstić information content (AvgIpc) is 2.86. The molecule has 1 aromatic heterocycles. The molecule has 18 heavy (non-hydrogen) atoms. The van der Waals surface area contributed by atoms with Crippen LogP contribution in [0.3, 0.4) is 0 Å². The molecule has 1 atom stereocenters. The van der Waals surface area contributed by atoms with Crippen LogP contribution in [0.2, 0.25) is 0 Å². The summed E-state index contributed by atoms with van der Waals surface area (Å²) in [4.78, 5) is 11.9. The number of oxime groups is 1. The number of nitrogens with one attached hydrogen (secondary N) is 1. The molecule has 0 fully saturated rings. The van der Waals surface area contributed by atoms with Crippen LogP contribution in [0.25, 0.3) is 0 Å². The van der Waals surface area contributed by atoms with Crippen molar-refractivity contribution in [2.75, 3.05) is 0 Å². The third kappa shape index (κ3) is 3.51. The molecule has 1 heterocycles. The Bertz CT molecular complexity index is 426. The third-order valence-corrected chi connectivity index (χ3v) is 2.59. The third-order valence-electron chi connectivity index (χ3n) is 2.59. The largest absolute Gasteiger partial charge is 0.456 e. The minimum atomic E-state index is -0.484. The Morgan fingerprint density at radius 1 is 1.56 bits per heavy atom. The normalized spacial score (nSPS) is 13.3. The summed E-state index contributed by atoms with van der Waals surface area (Å²) in [5, 5.41) is 14.2. The van der Waals surface area contributed by atoms with Gasteiger partial charge in [0.1, 0.15) is 5.76 Å². The van der Waals surface area contributed by atoms with Crippen molar-refractivity contribution < 1.29 is 14.4 Å². The predicted octanol–water partition coefficient (Wildman–Crippen LogP) is 1.49. The number of rotatable bonds is 6. The second-order valence-electron chi connectivity index (χ2n) is 3.96. The number of furan rings is 1. The summed E-state index contributed by atoms with van der Waals surface area (Å²) in [6.45, 7) is 3.89. The van der Waals surface area contributed by atoms with E-state index in [2.05, 4.69) is 10.5 Å². The van der Waals surface area contributed by atoms with Gasteiger partial charge in [-0.05, 0) is 18.6 Å². The summed E-state index contributed by atoms with van der Waals surface area (Å²) in [5.41, 5.74) is 5.52. The maximum atomic E-state index is 11.9. The van der Waals surface area contributed by atoms with Crippen LogP contribution in [0, 0.1) is 0 Å². The summed E-state index contributed by atoms with van der Waals surface area (Å²) >= 11 is 0. The van der Waals surface area contributed by atoms with Crippen LogP contribution < -0.4 is 11.1 Å². The van der Waals surface area contributed by atoms with Crippen LogP contribution in [0.5, 0.6) is 0 Å². The van der Waals surface area contributed by atoms with Gasteiger partial charge in [-0.1, -0.05) is 25.4 Å². The van der Waals surface area contributed by atoms with Gasteiger partial charge in [0.15, 0.2) is 11.6 Å². The zero-order valence-electron chi connectivity index (χ0n) is 10.6. The minimum Gasteiger partial charge on any atom is -0.456 e. The van der Waals surface area contributed by atoms with Gasteiger partial charge in [-0.3, -0.25) is 4.79 Å². The van der Waals surface area contributed by atoms with Gasteiger partial charge < -0.3 is 20.7 Å². The molecule has 0 spiro atoms. The van der Waals surface area contributed by atoms with Crippen LogP contribution in [0.15, 0.2) is 21.7 Å². The Kier molecular flexibility index (Phi) is 5.23. The standard InChI is InChI=1S/C12H19N3O3/c1-3-5-9(11(13)15-17)14-12(16)10-7-6-8(4-2)18-10/h6-7,9,17H,3-5H2,1-2H3,(H2,13,15)(H,14,16). The van der Waals surface area contributed by atoms with Crippen molar-refractivity contribution in [2.45, 2.75) is 39.2 Å². The molecule has 0 aromatic carbocycles. The zero-order valence-corrected chi connectivity index (χ0v) is 10.6. The van der Waals surface area contributed by atoms with Crippen molar-refractivity contribution in [1.82, 2.24) is 5.32 Å². The van der Waals surface area contributed by atoms with Crippen LogP contribution in [0.4, 0.5) is 0 Å². The number of amidine groups is 1. The molecule has 100 valence electrons. The highest BCUT2D eigenvalue weighted by Gasteiger charge is 2.19. The van der Waals surface area contributed by atoms with Crippen LogP contribution in [0.1, 0.15) is 43.0 Å². The SMILES string of the molecule is CCCC(NC(=O)c1ccc(CC)o1)C(N)=NO. The first-order chi connectivity index (χ1) is 8.62. The van der Waals surface area contributed by atoms with E-state index in [9.17, 15) is 4.79 Å². The van der Waals surface area contributed by atoms with Gasteiger partial charge in [0.25, 0.3) is 5.91 Å². The lowest BCUT2D eigenvalue weighted by atomic mass is 10.1. The minimum absolute atomic E-state index is 0.00697. The van der Waals surface area contributed by atoms with E-state index in [4.69, 9.17) is 15.4 Å². The van der Waals surface area contributed by atoms with Gasteiger partial charge in [0, 0.05) is 6.42 Å². The van der Waals surface area contributed by atoms with Crippen LogP contribution in [-0.2, 0) is 6.42 Å². The Labute approximate surface area is 106 Å². The lowest BCUT2D eigenvalue weighted by Crippen LogP contribution is -2.44. The maximum Gasteiger partial charge on any atom is 0.287 e. The number of amides is 1. The molecular formula is C12H19N3O3. The molecule has 0 saturated heterocycles. The number of nitrogens with zero attached hydrogens (tertiary/aromatic N) is 1. The summed E-state index contributed by atoms with van der Waals surface area (Å²) < 4.78 is 5.33. The fourth-order valence-electron chi connectivity index (χ4n) is 1.57. The monoisotopic (exact) mass is 253 g/mol. The Hall–Kier alpha value is -1.98. The molecule has 1 amide bonds. The van der Waals surface area contributed by atoms with Gasteiger partial charge in [-0.2, -0.15) is 0 Å².